The van der Waals surface area contributed by atoms with Crippen molar-refractivity contribution in [1.29, 1.82) is 0 Å². The quantitative estimate of drug-likeness (QED) is 0.670. The van der Waals surface area contributed by atoms with Crippen LogP contribution in [0, 0.1) is 5.82 Å². The number of anilines is 2. The summed E-state index contributed by atoms with van der Waals surface area (Å²) in [6, 6.07) is 20.0. The van der Waals surface area contributed by atoms with Gasteiger partial charge in [-0.1, -0.05) is 18.2 Å². The number of phenols is 1. The van der Waals surface area contributed by atoms with Crippen LogP contribution in [-0.2, 0) is 17.6 Å². The highest BCUT2D eigenvalue weighted by Crippen LogP contribution is 2.37. The van der Waals surface area contributed by atoms with Crippen LogP contribution in [0.1, 0.15) is 29.7 Å². The molecule has 1 amide bonds. The second-order valence-electron chi connectivity index (χ2n) is 7.40. The highest BCUT2D eigenvalue weighted by Gasteiger charge is 2.28. The second-order valence-corrected chi connectivity index (χ2v) is 7.40. The molecule has 1 unspecified atom stereocenters. The van der Waals surface area contributed by atoms with Crippen LogP contribution in [0.15, 0.2) is 66.7 Å². The van der Waals surface area contributed by atoms with Crippen LogP contribution in [0.4, 0.5) is 15.8 Å². The number of nitrogens with one attached hydrogen (secondary N) is 1. The molecule has 1 aliphatic rings. The molecule has 0 saturated carbocycles. The number of hydrogen-bond acceptors (Lipinski definition) is 3. The molecule has 0 spiro atoms. The summed E-state index contributed by atoms with van der Waals surface area (Å²) in [6.45, 7) is 2.28. The van der Waals surface area contributed by atoms with Gasteiger partial charge >= 0.3 is 0 Å². The average molecular weight is 390 g/mol. The minimum Gasteiger partial charge on any atom is -0.508 e. The summed E-state index contributed by atoms with van der Waals surface area (Å²) in [5.74, 6) is -0.0696. The number of aromatic hydroxyl groups is 1. The highest BCUT2D eigenvalue weighted by atomic mass is 19.1. The maximum atomic E-state index is 13.4. The van der Waals surface area contributed by atoms with E-state index in [-0.39, 0.29) is 23.5 Å². The van der Waals surface area contributed by atoms with E-state index >= 15 is 0 Å². The van der Waals surface area contributed by atoms with E-state index < -0.39 is 0 Å². The molecule has 0 aromatic heterocycles. The summed E-state index contributed by atoms with van der Waals surface area (Å²) < 4.78 is 13.4. The van der Waals surface area contributed by atoms with Gasteiger partial charge in [-0.05, 0) is 78.1 Å². The van der Waals surface area contributed by atoms with E-state index in [0.29, 0.717) is 0 Å². The molecule has 3 aromatic carbocycles. The van der Waals surface area contributed by atoms with Crippen molar-refractivity contribution in [3.63, 3.8) is 0 Å². The Hall–Kier alpha value is -3.34. The molecule has 5 heteroatoms. The van der Waals surface area contributed by atoms with Gasteiger partial charge in [0.05, 0.1) is 6.04 Å². The van der Waals surface area contributed by atoms with Crippen molar-refractivity contribution < 1.29 is 14.3 Å². The van der Waals surface area contributed by atoms with E-state index in [4.69, 9.17) is 0 Å². The van der Waals surface area contributed by atoms with Gasteiger partial charge in [-0.25, -0.2) is 4.39 Å². The lowest BCUT2D eigenvalue weighted by molar-refractivity contribution is -0.114. The Morgan fingerprint density at radius 2 is 1.83 bits per heavy atom. The first-order valence-corrected chi connectivity index (χ1v) is 9.70. The van der Waals surface area contributed by atoms with Crippen molar-refractivity contribution >= 4 is 17.3 Å². The van der Waals surface area contributed by atoms with E-state index in [2.05, 4.69) is 10.2 Å². The zero-order valence-electron chi connectivity index (χ0n) is 16.2. The Kier molecular flexibility index (Phi) is 5.21. The third kappa shape index (κ3) is 4.24. The molecule has 148 valence electrons. The summed E-state index contributed by atoms with van der Waals surface area (Å²) in [4.78, 5) is 13.5. The largest absolute Gasteiger partial charge is 0.508 e. The van der Waals surface area contributed by atoms with E-state index in [9.17, 15) is 14.3 Å². The van der Waals surface area contributed by atoms with Crippen molar-refractivity contribution in [2.45, 2.75) is 25.8 Å². The third-order valence-electron chi connectivity index (χ3n) is 5.35. The fourth-order valence-electron chi connectivity index (χ4n) is 4.01. The summed E-state index contributed by atoms with van der Waals surface area (Å²) in [7, 11) is 0. The number of benzene rings is 3. The molecule has 2 N–H and O–H groups in total. The number of halogens is 1. The number of fused-ring (bicyclic) bond motifs is 1. The predicted molar refractivity (Wildman–Crippen MR) is 113 cm³/mol. The Bertz CT molecular complexity index is 1020. The molecule has 1 atom stereocenters. The van der Waals surface area contributed by atoms with Crippen LogP contribution in [0.5, 0.6) is 5.75 Å². The van der Waals surface area contributed by atoms with Crippen LogP contribution >= 0.6 is 0 Å². The molecule has 0 fully saturated rings. The Morgan fingerprint density at radius 1 is 1.10 bits per heavy atom. The fraction of sp³-hybridized carbons (Fsp3) is 0.208. The van der Waals surface area contributed by atoms with Gasteiger partial charge in [-0.15, -0.1) is 0 Å². The number of nitrogens with zero attached hydrogens (tertiary/aromatic N) is 1. The maximum Gasteiger partial charge on any atom is 0.221 e. The van der Waals surface area contributed by atoms with E-state index in [1.54, 1.807) is 6.07 Å². The SMILES string of the molecule is CC(=O)Nc1ccc(CC2c3ccc(O)cc3CCN2c2ccc(F)cc2)cc1. The zero-order valence-corrected chi connectivity index (χ0v) is 16.2. The molecule has 4 nitrogen and oxygen atoms in total. The number of phenolic OH excluding ortho intramolecular Hbond substituents is 1. The minimum atomic E-state index is -0.249. The van der Waals surface area contributed by atoms with Gasteiger partial charge in [0, 0.05) is 24.8 Å². The molecule has 0 radical (unpaired) electrons. The number of carbonyl (C=O) groups excluding carboxylic acids is 1. The predicted octanol–water partition coefficient (Wildman–Crippen LogP) is 4.84. The van der Waals surface area contributed by atoms with Crippen LogP contribution in [-0.4, -0.2) is 17.6 Å². The van der Waals surface area contributed by atoms with Gasteiger partial charge < -0.3 is 15.3 Å². The Morgan fingerprint density at radius 3 is 2.52 bits per heavy atom. The first-order valence-electron chi connectivity index (χ1n) is 9.70. The van der Waals surface area contributed by atoms with Gasteiger partial charge in [0.15, 0.2) is 0 Å². The van der Waals surface area contributed by atoms with E-state index in [1.165, 1.54) is 24.6 Å². The molecular weight excluding hydrogens is 367 g/mol. The van der Waals surface area contributed by atoms with Crippen LogP contribution in [0.25, 0.3) is 0 Å². The van der Waals surface area contributed by atoms with Crippen LogP contribution < -0.4 is 10.2 Å². The van der Waals surface area contributed by atoms with Crippen molar-refractivity contribution in [1.82, 2.24) is 0 Å². The highest BCUT2D eigenvalue weighted by molar-refractivity contribution is 5.88. The number of hydrogen-bond donors (Lipinski definition) is 2. The molecule has 0 bridgehead atoms. The summed E-state index contributed by atoms with van der Waals surface area (Å²) in [6.07, 6.45) is 1.58. The normalized spacial score (nSPS) is 15.7. The minimum absolute atomic E-state index is 0.0661. The van der Waals surface area contributed by atoms with Gasteiger partial charge in [0.1, 0.15) is 11.6 Å². The standard InChI is InChI=1S/C24H23FN2O2/c1-16(28)26-20-6-2-17(3-7-20)14-24-23-11-10-22(29)15-18(23)12-13-27(24)21-8-4-19(25)5-9-21/h2-11,15,24,29H,12-14H2,1H3,(H,26,28). The van der Waals surface area contributed by atoms with Gasteiger partial charge in [-0.2, -0.15) is 0 Å². The molecule has 0 aliphatic carbocycles. The van der Waals surface area contributed by atoms with Crippen LogP contribution in [0.2, 0.25) is 0 Å². The average Bonchev–Trinajstić information content (AvgIpc) is 2.70. The smallest absolute Gasteiger partial charge is 0.221 e. The number of amides is 1. The molecule has 1 aliphatic heterocycles. The monoisotopic (exact) mass is 390 g/mol. The van der Waals surface area contributed by atoms with Crippen LogP contribution in [0.3, 0.4) is 0 Å². The van der Waals surface area contributed by atoms with E-state index in [1.807, 2.05) is 48.5 Å². The molecule has 4 rings (SSSR count). The second kappa shape index (κ2) is 7.95. The lowest BCUT2D eigenvalue weighted by Crippen LogP contribution is -2.36. The number of rotatable bonds is 4. The van der Waals surface area contributed by atoms with Gasteiger partial charge in [0.25, 0.3) is 0 Å². The lowest BCUT2D eigenvalue weighted by Gasteiger charge is -2.39. The summed E-state index contributed by atoms with van der Waals surface area (Å²) in [5.41, 5.74) is 5.19. The summed E-state index contributed by atoms with van der Waals surface area (Å²) >= 11 is 0. The summed E-state index contributed by atoms with van der Waals surface area (Å²) in [5, 5.41) is 12.7. The molecule has 1 heterocycles. The van der Waals surface area contributed by atoms with Crippen molar-refractivity contribution in [3.8, 4) is 5.75 Å². The zero-order chi connectivity index (χ0) is 20.4. The molecular formula is C24H23FN2O2. The maximum absolute atomic E-state index is 13.4. The fourth-order valence-corrected chi connectivity index (χ4v) is 4.01. The third-order valence-corrected chi connectivity index (χ3v) is 5.35. The van der Waals surface area contributed by atoms with Crippen molar-refractivity contribution in [2.24, 2.45) is 0 Å². The molecule has 29 heavy (non-hydrogen) atoms. The van der Waals surface area contributed by atoms with E-state index in [0.717, 1.165) is 41.9 Å². The lowest BCUT2D eigenvalue weighted by atomic mass is 9.88. The molecule has 0 saturated heterocycles. The number of carbonyl (C=O) groups is 1. The Labute approximate surface area is 169 Å². The van der Waals surface area contributed by atoms with Gasteiger partial charge in [0.2, 0.25) is 5.91 Å². The van der Waals surface area contributed by atoms with Gasteiger partial charge in [-0.3, -0.25) is 4.79 Å². The first-order chi connectivity index (χ1) is 14.0. The first kappa shape index (κ1) is 19.0. The Balaban J connectivity index is 1.67. The van der Waals surface area contributed by atoms with Crippen molar-refractivity contribution in [3.05, 3.63) is 89.2 Å². The molecule has 3 aromatic rings. The topological polar surface area (TPSA) is 52.6 Å². The van der Waals surface area contributed by atoms with Crippen molar-refractivity contribution in [2.75, 3.05) is 16.8 Å².